The summed E-state index contributed by atoms with van der Waals surface area (Å²) in [5.41, 5.74) is -0.516. The molecule has 1 heterocycles. The van der Waals surface area contributed by atoms with Crippen molar-refractivity contribution < 1.29 is 18.9 Å². The van der Waals surface area contributed by atoms with Gasteiger partial charge in [-0.1, -0.05) is 0 Å². The largest absolute Gasteiger partial charge is 0.335 e. The van der Waals surface area contributed by atoms with Gasteiger partial charge in [-0.2, -0.15) is 0 Å². The molecule has 6 nitrogen and oxygen atoms in total. The number of rotatable bonds is 4. The zero-order valence-electron chi connectivity index (χ0n) is 11.5. The molecule has 1 unspecified atom stereocenters. The summed E-state index contributed by atoms with van der Waals surface area (Å²) in [6.45, 7) is 1.93. The minimum absolute atomic E-state index is 0.0232. The fraction of sp³-hybridized carbons (Fsp3) is 0.429. The summed E-state index contributed by atoms with van der Waals surface area (Å²) in [4.78, 5) is 35.1. The standard InChI is InChI=1S/C14H15FN2O4/c1-9(18)5-12-3-2-4-16(12)14(19)10-6-11(15)8-13(7-10)17(20)21/h6-8,12H,2-5H2,1H3. The molecule has 0 aliphatic carbocycles. The number of ketones is 1. The van der Waals surface area contributed by atoms with E-state index in [1.54, 1.807) is 0 Å². The molecule has 7 heteroatoms. The second-order valence-electron chi connectivity index (χ2n) is 5.16. The van der Waals surface area contributed by atoms with Gasteiger partial charge in [0.05, 0.1) is 11.0 Å². The van der Waals surface area contributed by atoms with Crippen molar-refractivity contribution in [2.75, 3.05) is 6.54 Å². The average Bonchev–Trinajstić information content (AvgIpc) is 2.84. The first-order valence-corrected chi connectivity index (χ1v) is 6.64. The van der Waals surface area contributed by atoms with E-state index in [1.807, 2.05) is 0 Å². The van der Waals surface area contributed by atoms with Gasteiger partial charge < -0.3 is 4.90 Å². The maximum atomic E-state index is 13.4. The van der Waals surface area contributed by atoms with E-state index >= 15 is 0 Å². The number of hydrogen-bond donors (Lipinski definition) is 0. The lowest BCUT2D eigenvalue weighted by Crippen LogP contribution is -2.36. The number of carbonyl (C=O) groups is 2. The first kappa shape index (κ1) is 15.1. The van der Waals surface area contributed by atoms with Gasteiger partial charge in [0.2, 0.25) is 0 Å². The summed E-state index contributed by atoms with van der Waals surface area (Å²) in [6.07, 6.45) is 1.73. The van der Waals surface area contributed by atoms with E-state index in [2.05, 4.69) is 0 Å². The molecule has 1 amide bonds. The van der Waals surface area contributed by atoms with E-state index in [1.165, 1.54) is 11.8 Å². The summed E-state index contributed by atoms with van der Waals surface area (Å²) >= 11 is 0. The minimum Gasteiger partial charge on any atom is -0.335 e. The summed E-state index contributed by atoms with van der Waals surface area (Å²) in [7, 11) is 0. The number of non-ortho nitro benzene ring substituents is 1. The molecule has 21 heavy (non-hydrogen) atoms. The van der Waals surface area contributed by atoms with E-state index in [-0.39, 0.29) is 23.8 Å². The van der Waals surface area contributed by atoms with Gasteiger partial charge in [-0.05, 0) is 25.8 Å². The van der Waals surface area contributed by atoms with Crippen molar-refractivity contribution in [3.63, 3.8) is 0 Å². The number of carbonyl (C=O) groups excluding carboxylic acids is 2. The predicted molar refractivity (Wildman–Crippen MR) is 72.4 cm³/mol. The molecule has 0 bridgehead atoms. The Labute approximate surface area is 120 Å². The van der Waals surface area contributed by atoms with Gasteiger partial charge in [0.15, 0.2) is 0 Å². The Morgan fingerprint density at radius 3 is 2.76 bits per heavy atom. The highest BCUT2D eigenvalue weighted by molar-refractivity contribution is 5.95. The van der Waals surface area contributed by atoms with E-state index < -0.39 is 22.3 Å². The third-order valence-electron chi connectivity index (χ3n) is 3.50. The number of benzene rings is 1. The molecule has 1 aliphatic heterocycles. The summed E-state index contributed by atoms with van der Waals surface area (Å²) in [5.74, 6) is -1.32. The van der Waals surface area contributed by atoms with Crippen molar-refractivity contribution in [3.8, 4) is 0 Å². The van der Waals surface area contributed by atoms with Crippen molar-refractivity contribution in [2.45, 2.75) is 32.2 Å². The maximum absolute atomic E-state index is 13.4. The summed E-state index contributed by atoms with van der Waals surface area (Å²) < 4.78 is 13.4. The molecule has 0 spiro atoms. The van der Waals surface area contributed by atoms with Gasteiger partial charge in [0.1, 0.15) is 11.6 Å². The number of Topliss-reactive ketones (excluding diaryl/α,β-unsaturated/α-hetero) is 1. The second-order valence-corrected chi connectivity index (χ2v) is 5.16. The highest BCUT2D eigenvalue weighted by atomic mass is 19.1. The van der Waals surface area contributed by atoms with Crippen molar-refractivity contribution in [2.24, 2.45) is 0 Å². The third-order valence-corrected chi connectivity index (χ3v) is 3.50. The Morgan fingerprint density at radius 2 is 2.14 bits per heavy atom. The number of hydrogen-bond acceptors (Lipinski definition) is 4. The van der Waals surface area contributed by atoms with Crippen molar-refractivity contribution in [1.29, 1.82) is 0 Å². The molecule has 0 N–H and O–H groups in total. The zero-order valence-corrected chi connectivity index (χ0v) is 11.5. The Bertz CT molecular complexity index is 603. The van der Waals surface area contributed by atoms with E-state index in [0.29, 0.717) is 13.0 Å². The van der Waals surface area contributed by atoms with Gasteiger partial charge in [-0.25, -0.2) is 4.39 Å². The van der Waals surface area contributed by atoms with Crippen LogP contribution in [0.15, 0.2) is 18.2 Å². The van der Waals surface area contributed by atoms with Gasteiger partial charge in [0.25, 0.3) is 11.6 Å². The fourth-order valence-corrected chi connectivity index (χ4v) is 2.62. The lowest BCUT2D eigenvalue weighted by molar-refractivity contribution is -0.385. The van der Waals surface area contributed by atoms with Crippen LogP contribution in [0.2, 0.25) is 0 Å². The molecule has 0 aromatic heterocycles. The number of nitrogens with zero attached hydrogens (tertiary/aromatic N) is 2. The Balaban J connectivity index is 2.27. The van der Waals surface area contributed by atoms with Crippen LogP contribution in [0.25, 0.3) is 0 Å². The molecule has 0 saturated carbocycles. The molecule has 0 radical (unpaired) electrons. The van der Waals surface area contributed by atoms with E-state index in [9.17, 15) is 24.1 Å². The van der Waals surface area contributed by atoms with Crippen LogP contribution in [0.5, 0.6) is 0 Å². The molecule has 1 saturated heterocycles. The lowest BCUT2D eigenvalue weighted by atomic mass is 10.1. The molecule has 2 rings (SSSR count). The Kier molecular flexibility index (Phi) is 4.30. The molecular weight excluding hydrogens is 279 g/mol. The molecule has 1 aromatic rings. The number of likely N-dealkylation sites (tertiary alicyclic amines) is 1. The molecule has 1 fully saturated rings. The average molecular weight is 294 g/mol. The normalized spacial score (nSPS) is 17.8. The molecule has 1 aromatic carbocycles. The highest BCUT2D eigenvalue weighted by Gasteiger charge is 2.31. The number of nitro groups is 1. The maximum Gasteiger partial charge on any atom is 0.273 e. The quantitative estimate of drug-likeness (QED) is 0.630. The highest BCUT2D eigenvalue weighted by Crippen LogP contribution is 2.25. The van der Waals surface area contributed by atoms with Gasteiger partial charge >= 0.3 is 0 Å². The van der Waals surface area contributed by atoms with Crippen LogP contribution in [0.4, 0.5) is 10.1 Å². The number of halogens is 1. The Hall–Kier alpha value is -2.31. The van der Waals surface area contributed by atoms with Crippen LogP contribution in [-0.2, 0) is 4.79 Å². The van der Waals surface area contributed by atoms with E-state index in [4.69, 9.17) is 0 Å². The third kappa shape index (κ3) is 3.42. The summed E-state index contributed by atoms with van der Waals surface area (Å²) in [5, 5.41) is 10.7. The van der Waals surface area contributed by atoms with Crippen LogP contribution < -0.4 is 0 Å². The van der Waals surface area contributed by atoms with E-state index in [0.717, 1.165) is 24.6 Å². The van der Waals surface area contributed by atoms with Crippen LogP contribution in [0.1, 0.15) is 36.5 Å². The number of nitro benzene ring substituents is 1. The zero-order chi connectivity index (χ0) is 15.6. The lowest BCUT2D eigenvalue weighted by Gasteiger charge is -2.24. The second kappa shape index (κ2) is 5.99. The monoisotopic (exact) mass is 294 g/mol. The Morgan fingerprint density at radius 1 is 1.43 bits per heavy atom. The molecule has 1 aliphatic rings. The molecule has 1 atom stereocenters. The first-order valence-electron chi connectivity index (χ1n) is 6.64. The van der Waals surface area contributed by atoms with Crippen LogP contribution in [0.3, 0.4) is 0 Å². The van der Waals surface area contributed by atoms with Crippen LogP contribution in [0, 0.1) is 15.9 Å². The van der Waals surface area contributed by atoms with Gasteiger partial charge in [0, 0.05) is 30.6 Å². The SMILES string of the molecule is CC(=O)CC1CCCN1C(=O)c1cc(F)cc([N+](=O)[O-])c1. The summed E-state index contributed by atoms with van der Waals surface area (Å²) in [6, 6.07) is 2.61. The number of amides is 1. The predicted octanol–water partition coefficient (Wildman–Crippen LogP) is 2.32. The van der Waals surface area contributed by atoms with Crippen LogP contribution in [-0.4, -0.2) is 34.1 Å². The molecular formula is C14H15FN2O4. The van der Waals surface area contributed by atoms with Gasteiger partial charge in [-0.3, -0.25) is 19.7 Å². The van der Waals surface area contributed by atoms with Crippen LogP contribution >= 0.6 is 0 Å². The van der Waals surface area contributed by atoms with Crippen molar-refractivity contribution >= 4 is 17.4 Å². The minimum atomic E-state index is -0.824. The first-order chi connectivity index (χ1) is 9.88. The smallest absolute Gasteiger partial charge is 0.273 e. The van der Waals surface area contributed by atoms with Gasteiger partial charge in [-0.15, -0.1) is 0 Å². The topological polar surface area (TPSA) is 80.5 Å². The van der Waals surface area contributed by atoms with Crippen molar-refractivity contribution in [3.05, 3.63) is 39.7 Å². The van der Waals surface area contributed by atoms with Crippen molar-refractivity contribution in [1.82, 2.24) is 4.90 Å². The fourth-order valence-electron chi connectivity index (χ4n) is 2.62. The molecule has 112 valence electrons.